The zero-order valence-corrected chi connectivity index (χ0v) is 21.2. The van der Waals surface area contributed by atoms with Gasteiger partial charge >= 0.3 is 0 Å². The van der Waals surface area contributed by atoms with Gasteiger partial charge in [0.1, 0.15) is 0 Å². The monoisotopic (exact) mass is 469 g/mol. The normalized spacial score (nSPS) is 11.9. The van der Waals surface area contributed by atoms with Crippen molar-refractivity contribution in [2.24, 2.45) is 0 Å². The summed E-state index contributed by atoms with van der Waals surface area (Å²) >= 11 is 1.48. The van der Waals surface area contributed by atoms with E-state index in [1.54, 1.807) is 0 Å². The fraction of sp³-hybridized carbons (Fsp3) is 0.241. The standard InChI is InChI=1S/C29H31N3OS/c1-6-24(28(33)30-25-20(4)8-7-9-21(25)5)34-29-31-26(22-14-10-18(2)11-15-22)27(32-29)23-16-12-19(3)13-17-23/h7-17,24H,6H2,1-5H3,(H,30,33)(H,31,32). The van der Waals surface area contributed by atoms with Crippen molar-refractivity contribution in [1.82, 2.24) is 9.97 Å². The fourth-order valence-corrected chi connectivity index (χ4v) is 4.84. The highest BCUT2D eigenvalue weighted by Gasteiger charge is 2.23. The van der Waals surface area contributed by atoms with E-state index in [-0.39, 0.29) is 11.2 Å². The number of benzene rings is 3. The van der Waals surface area contributed by atoms with Crippen LogP contribution in [-0.4, -0.2) is 21.1 Å². The Kier molecular flexibility index (Phi) is 7.23. The Bertz CT molecular complexity index is 1210. The quantitative estimate of drug-likeness (QED) is 0.276. The first-order chi connectivity index (χ1) is 16.4. The van der Waals surface area contributed by atoms with E-state index >= 15 is 0 Å². The van der Waals surface area contributed by atoms with Crippen LogP contribution in [0.2, 0.25) is 0 Å². The molecule has 5 heteroatoms. The second-order valence-corrected chi connectivity index (χ2v) is 9.96. The van der Waals surface area contributed by atoms with Crippen molar-refractivity contribution in [3.63, 3.8) is 0 Å². The summed E-state index contributed by atoms with van der Waals surface area (Å²) in [6, 6.07) is 22.9. The molecule has 1 aromatic heterocycles. The second-order valence-electron chi connectivity index (χ2n) is 8.77. The number of carbonyl (C=O) groups excluding carboxylic acids is 1. The molecule has 0 saturated carbocycles. The van der Waals surface area contributed by atoms with E-state index in [0.717, 1.165) is 44.5 Å². The fourth-order valence-electron chi connectivity index (χ4n) is 3.93. The number of para-hydroxylation sites is 1. The molecule has 0 radical (unpaired) electrons. The van der Waals surface area contributed by atoms with Crippen molar-refractivity contribution in [2.45, 2.75) is 51.4 Å². The number of nitrogens with zero attached hydrogens (tertiary/aromatic N) is 1. The van der Waals surface area contributed by atoms with Crippen LogP contribution in [0.15, 0.2) is 71.9 Å². The third-order valence-electron chi connectivity index (χ3n) is 5.99. The first-order valence-electron chi connectivity index (χ1n) is 11.6. The molecular formula is C29H31N3OS. The van der Waals surface area contributed by atoms with Crippen LogP contribution >= 0.6 is 11.8 Å². The number of H-pyrrole nitrogens is 1. The molecule has 4 nitrogen and oxygen atoms in total. The first-order valence-corrected chi connectivity index (χ1v) is 12.5. The molecule has 0 aliphatic rings. The number of nitrogens with one attached hydrogen (secondary N) is 2. The van der Waals surface area contributed by atoms with Gasteiger partial charge in [0.2, 0.25) is 5.91 Å². The minimum Gasteiger partial charge on any atom is -0.332 e. The average Bonchev–Trinajstić information content (AvgIpc) is 3.24. The summed E-state index contributed by atoms with van der Waals surface area (Å²) in [6.45, 7) is 10.2. The molecule has 0 aliphatic carbocycles. The van der Waals surface area contributed by atoms with Crippen LogP contribution in [0, 0.1) is 27.7 Å². The molecule has 1 heterocycles. The number of aromatic amines is 1. The Hall–Kier alpha value is -3.31. The molecule has 3 aromatic carbocycles. The molecule has 1 unspecified atom stereocenters. The van der Waals surface area contributed by atoms with Gasteiger partial charge in [-0.3, -0.25) is 4.79 Å². The molecule has 0 saturated heterocycles. The summed E-state index contributed by atoms with van der Waals surface area (Å²) in [5.41, 5.74) is 9.44. The Morgan fingerprint density at radius 3 is 2.00 bits per heavy atom. The highest BCUT2D eigenvalue weighted by molar-refractivity contribution is 8.00. The number of thioether (sulfide) groups is 1. The van der Waals surface area contributed by atoms with Crippen LogP contribution in [0.1, 0.15) is 35.6 Å². The van der Waals surface area contributed by atoms with Crippen molar-refractivity contribution >= 4 is 23.4 Å². The lowest BCUT2D eigenvalue weighted by molar-refractivity contribution is -0.115. The van der Waals surface area contributed by atoms with Crippen LogP contribution in [-0.2, 0) is 4.79 Å². The molecule has 174 valence electrons. The van der Waals surface area contributed by atoms with Crippen LogP contribution in [0.25, 0.3) is 22.5 Å². The SMILES string of the molecule is CCC(Sc1nc(-c2ccc(C)cc2)c(-c2ccc(C)cc2)[nH]1)C(=O)Nc1c(C)cccc1C. The number of rotatable bonds is 7. The number of amides is 1. The number of carbonyl (C=O) groups is 1. The minimum absolute atomic E-state index is 0.00456. The number of hydrogen-bond donors (Lipinski definition) is 2. The topological polar surface area (TPSA) is 57.8 Å². The molecule has 0 spiro atoms. The van der Waals surface area contributed by atoms with Crippen molar-refractivity contribution < 1.29 is 4.79 Å². The summed E-state index contributed by atoms with van der Waals surface area (Å²) in [5.74, 6) is -0.00456. The molecular weight excluding hydrogens is 438 g/mol. The van der Waals surface area contributed by atoms with E-state index < -0.39 is 0 Å². The van der Waals surface area contributed by atoms with Gasteiger partial charge in [-0.05, 0) is 45.2 Å². The van der Waals surface area contributed by atoms with Crippen LogP contribution < -0.4 is 5.32 Å². The van der Waals surface area contributed by atoms with Crippen molar-refractivity contribution in [1.29, 1.82) is 0 Å². The summed E-state index contributed by atoms with van der Waals surface area (Å²) in [4.78, 5) is 21.6. The highest BCUT2D eigenvalue weighted by atomic mass is 32.2. The molecule has 0 aliphatic heterocycles. The zero-order valence-electron chi connectivity index (χ0n) is 20.4. The molecule has 0 fully saturated rings. The number of aromatic nitrogens is 2. The minimum atomic E-state index is -0.262. The lowest BCUT2D eigenvalue weighted by Gasteiger charge is -2.16. The smallest absolute Gasteiger partial charge is 0.237 e. The molecule has 1 amide bonds. The molecule has 4 rings (SSSR count). The van der Waals surface area contributed by atoms with Gasteiger partial charge in [0, 0.05) is 16.8 Å². The summed E-state index contributed by atoms with van der Waals surface area (Å²) in [7, 11) is 0. The van der Waals surface area contributed by atoms with Crippen LogP contribution in [0.4, 0.5) is 5.69 Å². The van der Waals surface area contributed by atoms with Gasteiger partial charge < -0.3 is 10.3 Å². The third-order valence-corrected chi connectivity index (χ3v) is 7.24. The Labute approximate surface area is 206 Å². The maximum Gasteiger partial charge on any atom is 0.237 e. The van der Waals surface area contributed by atoms with Gasteiger partial charge in [-0.15, -0.1) is 0 Å². The van der Waals surface area contributed by atoms with E-state index in [2.05, 4.69) is 72.7 Å². The zero-order chi connectivity index (χ0) is 24.2. The average molecular weight is 470 g/mol. The first kappa shape index (κ1) is 23.8. The number of hydrogen-bond acceptors (Lipinski definition) is 3. The van der Waals surface area contributed by atoms with E-state index in [1.165, 1.54) is 22.9 Å². The van der Waals surface area contributed by atoms with Crippen molar-refractivity contribution in [3.05, 3.63) is 89.0 Å². The van der Waals surface area contributed by atoms with Gasteiger partial charge in [-0.2, -0.15) is 0 Å². The predicted octanol–water partition coefficient (Wildman–Crippen LogP) is 7.49. The Morgan fingerprint density at radius 1 is 0.882 bits per heavy atom. The van der Waals surface area contributed by atoms with E-state index in [9.17, 15) is 4.79 Å². The number of imidazole rings is 1. The number of anilines is 1. The molecule has 0 bridgehead atoms. The lowest BCUT2D eigenvalue weighted by atomic mass is 10.0. The Balaban J connectivity index is 1.65. The van der Waals surface area contributed by atoms with Gasteiger partial charge in [0.05, 0.1) is 16.6 Å². The largest absolute Gasteiger partial charge is 0.332 e. The molecule has 2 N–H and O–H groups in total. The van der Waals surface area contributed by atoms with Crippen LogP contribution in [0.3, 0.4) is 0 Å². The van der Waals surface area contributed by atoms with Crippen molar-refractivity contribution in [2.75, 3.05) is 5.32 Å². The highest BCUT2D eigenvalue weighted by Crippen LogP contribution is 2.35. The summed E-state index contributed by atoms with van der Waals surface area (Å²) in [5, 5.41) is 3.63. The van der Waals surface area contributed by atoms with Gasteiger partial charge in [0.25, 0.3) is 0 Å². The van der Waals surface area contributed by atoms with E-state index in [0.29, 0.717) is 6.42 Å². The van der Waals surface area contributed by atoms with Gasteiger partial charge in [0.15, 0.2) is 5.16 Å². The molecule has 4 aromatic rings. The lowest BCUT2D eigenvalue weighted by Crippen LogP contribution is -2.25. The number of aryl methyl sites for hydroxylation is 4. The van der Waals surface area contributed by atoms with Gasteiger partial charge in [-0.25, -0.2) is 4.98 Å². The summed E-state index contributed by atoms with van der Waals surface area (Å²) < 4.78 is 0. The Morgan fingerprint density at radius 2 is 1.44 bits per heavy atom. The van der Waals surface area contributed by atoms with Crippen molar-refractivity contribution in [3.8, 4) is 22.5 Å². The molecule has 1 atom stereocenters. The van der Waals surface area contributed by atoms with Crippen LogP contribution in [0.5, 0.6) is 0 Å². The maximum atomic E-state index is 13.2. The third kappa shape index (κ3) is 5.26. The van der Waals surface area contributed by atoms with E-state index in [4.69, 9.17) is 4.98 Å². The second kappa shape index (κ2) is 10.3. The summed E-state index contributed by atoms with van der Waals surface area (Å²) in [6.07, 6.45) is 0.696. The van der Waals surface area contributed by atoms with E-state index in [1.807, 2.05) is 39.0 Å². The predicted molar refractivity (Wildman–Crippen MR) is 143 cm³/mol. The molecule has 34 heavy (non-hydrogen) atoms. The maximum absolute atomic E-state index is 13.2. The van der Waals surface area contributed by atoms with Gasteiger partial charge in [-0.1, -0.05) is 96.5 Å².